The predicted molar refractivity (Wildman–Crippen MR) is 300 cm³/mol. The molecule has 6 heteroatoms. The fourth-order valence-electron chi connectivity index (χ4n) is 10.3. The smallest absolute Gasteiger partial charge is 0.305 e. The van der Waals surface area contributed by atoms with E-state index in [1.807, 2.05) is 0 Å². The van der Waals surface area contributed by atoms with Gasteiger partial charge in [0.1, 0.15) is 19.8 Å². The second kappa shape index (κ2) is 52.7. The monoisotopic (exact) mass is 972 g/mol. The van der Waals surface area contributed by atoms with Crippen molar-refractivity contribution in [2.75, 3.05) is 19.8 Å². The maximum absolute atomic E-state index is 12.9. The van der Waals surface area contributed by atoms with Crippen LogP contribution in [0.5, 0.6) is 0 Å². The number of carbonyl (C=O) groups is 2. The summed E-state index contributed by atoms with van der Waals surface area (Å²) in [4.78, 5) is 30.8. The summed E-state index contributed by atoms with van der Waals surface area (Å²) in [7, 11) is 0. The standard InChI is InChI=1S/C63H121NO5/c1-4-7-10-13-16-19-22-25-28-31-32-33-36-39-42-45-48-51-54-60-64-63(57-67-60,58-68-61(65)55-52-49-46-43-40-37-34-29-26-23-20-17-14-11-8-5-2)59-69-62(66)56-53-50-47-44-41-38-35-30-27-24-21-18-15-12-9-6-3/h4-59H2,1-3H3. The molecule has 0 aromatic heterocycles. The molecule has 0 aliphatic carbocycles. The van der Waals surface area contributed by atoms with Gasteiger partial charge < -0.3 is 14.2 Å². The summed E-state index contributed by atoms with van der Waals surface area (Å²) in [5, 5.41) is 0. The minimum absolute atomic E-state index is 0.111. The largest absolute Gasteiger partial charge is 0.478 e. The van der Waals surface area contributed by atoms with Crippen molar-refractivity contribution in [2.45, 2.75) is 367 Å². The maximum Gasteiger partial charge on any atom is 0.305 e. The van der Waals surface area contributed by atoms with E-state index in [0.29, 0.717) is 19.4 Å². The minimum atomic E-state index is -0.835. The lowest BCUT2D eigenvalue weighted by Crippen LogP contribution is -2.41. The maximum atomic E-state index is 12.9. The number of ether oxygens (including phenoxy) is 3. The molecular weight excluding hydrogens is 851 g/mol. The van der Waals surface area contributed by atoms with Gasteiger partial charge in [-0.3, -0.25) is 9.59 Å². The Morgan fingerprint density at radius 2 is 0.565 bits per heavy atom. The average Bonchev–Trinajstić information content (AvgIpc) is 3.77. The molecule has 0 unspecified atom stereocenters. The predicted octanol–water partition coefficient (Wildman–Crippen LogP) is 21.0. The molecule has 0 radical (unpaired) electrons. The number of aliphatic imine (C=N–C) groups is 1. The first kappa shape index (κ1) is 65.4. The van der Waals surface area contributed by atoms with Crippen molar-refractivity contribution in [1.82, 2.24) is 0 Å². The Morgan fingerprint density at radius 3 is 0.812 bits per heavy atom. The molecule has 408 valence electrons. The van der Waals surface area contributed by atoms with Gasteiger partial charge in [0.05, 0.1) is 0 Å². The van der Waals surface area contributed by atoms with Crippen LogP contribution in [-0.2, 0) is 23.8 Å². The van der Waals surface area contributed by atoms with E-state index in [0.717, 1.165) is 44.4 Å². The average molecular weight is 973 g/mol. The van der Waals surface area contributed by atoms with Crippen molar-refractivity contribution in [2.24, 2.45) is 4.99 Å². The zero-order valence-corrected chi connectivity index (χ0v) is 47.1. The third-order valence-corrected chi connectivity index (χ3v) is 15.1. The number of carbonyl (C=O) groups excluding carboxylic acids is 2. The molecule has 1 aliphatic heterocycles. The third-order valence-electron chi connectivity index (χ3n) is 15.1. The first-order valence-corrected chi connectivity index (χ1v) is 31.6. The van der Waals surface area contributed by atoms with E-state index in [2.05, 4.69) is 20.8 Å². The molecule has 0 bridgehead atoms. The van der Waals surface area contributed by atoms with Crippen LogP contribution in [0.3, 0.4) is 0 Å². The van der Waals surface area contributed by atoms with Crippen LogP contribution in [0.2, 0.25) is 0 Å². The normalized spacial score (nSPS) is 13.2. The number of hydrogen-bond acceptors (Lipinski definition) is 6. The summed E-state index contributed by atoms with van der Waals surface area (Å²) in [5.74, 6) is 0.381. The zero-order chi connectivity index (χ0) is 49.7. The second-order valence-electron chi connectivity index (χ2n) is 22.2. The fourth-order valence-corrected chi connectivity index (χ4v) is 10.3. The highest BCUT2D eigenvalue weighted by Gasteiger charge is 2.40. The number of rotatable bonds is 57. The molecule has 0 aromatic carbocycles. The lowest BCUT2D eigenvalue weighted by Gasteiger charge is -2.23. The number of esters is 2. The molecule has 0 saturated carbocycles. The summed E-state index contributed by atoms with van der Waals surface area (Å²) in [6.07, 6.45) is 68.2. The van der Waals surface area contributed by atoms with Crippen molar-refractivity contribution in [1.29, 1.82) is 0 Å². The number of hydrogen-bond donors (Lipinski definition) is 0. The third kappa shape index (κ3) is 46.0. The summed E-state index contributed by atoms with van der Waals surface area (Å²) < 4.78 is 17.8. The second-order valence-corrected chi connectivity index (χ2v) is 22.2. The van der Waals surface area contributed by atoms with Gasteiger partial charge in [-0.25, -0.2) is 4.99 Å². The highest BCUT2D eigenvalue weighted by atomic mass is 16.6. The Balaban J connectivity index is 2.31. The van der Waals surface area contributed by atoms with Gasteiger partial charge in [0.15, 0.2) is 11.4 Å². The van der Waals surface area contributed by atoms with Gasteiger partial charge >= 0.3 is 11.9 Å². The van der Waals surface area contributed by atoms with E-state index < -0.39 is 5.54 Å². The van der Waals surface area contributed by atoms with Gasteiger partial charge in [-0.15, -0.1) is 0 Å². The van der Waals surface area contributed by atoms with Crippen LogP contribution in [0.4, 0.5) is 0 Å². The SMILES string of the molecule is CCCCCCCCCCCCCCCCCCCCC1=NC(COC(=O)CCCCCCCCCCCCCCCCCC)(COC(=O)CCCCCCCCCCCCCCCCCC)CO1. The summed E-state index contributed by atoms with van der Waals surface area (Å²) in [6, 6.07) is 0. The Hall–Kier alpha value is -1.59. The first-order valence-electron chi connectivity index (χ1n) is 31.6. The first-order chi connectivity index (χ1) is 34.0. The van der Waals surface area contributed by atoms with Crippen molar-refractivity contribution in [3.63, 3.8) is 0 Å². The molecule has 0 fully saturated rings. The van der Waals surface area contributed by atoms with Crippen molar-refractivity contribution < 1.29 is 23.8 Å². The number of nitrogens with zero attached hydrogens (tertiary/aromatic N) is 1. The van der Waals surface area contributed by atoms with Gasteiger partial charge in [-0.1, -0.05) is 323 Å². The topological polar surface area (TPSA) is 74.2 Å². The molecule has 0 N–H and O–H groups in total. The minimum Gasteiger partial charge on any atom is -0.478 e. The molecule has 1 aliphatic rings. The Labute approximate surface area is 431 Å². The van der Waals surface area contributed by atoms with Gasteiger partial charge in [0.2, 0.25) is 0 Å². The van der Waals surface area contributed by atoms with E-state index in [-0.39, 0.29) is 25.2 Å². The molecule has 0 amide bonds. The van der Waals surface area contributed by atoms with Crippen molar-refractivity contribution >= 4 is 17.8 Å². The van der Waals surface area contributed by atoms with E-state index in [1.54, 1.807) is 0 Å². The Morgan fingerprint density at radius 1 is 0.348 bits per heavy atom. The van der Waals surface area contributed by atoms with Gasteiger partial charge in [-0.05, 0) is 19.3 Å². The van der Waals surface area contributed by atoms with E-state index in [1.165, 1.54) is 289 Å². The quantitative estimate of drug-likeness (QED) is 0.0448. The van der Waals surface area contributed by atoms with Crippen LogP contribution in [-0.4, -0.2) is 43.2 Å². The molecule has 69 heavy (non-hydrogen) atoms. The van der Waals surface area contributed by atoms with E-state index in [9.17, 15) is 9.59 Å². The molecular formula is C63H121NO5. The molecule has 6 nitrogen and oxygen atoms in total. The molecule has 0 spiro atoms. The molecule has 0 saturated heterocycles. The van der Waals surface area contributed by atoms with E-state index in [4.69, 9.17) is 19.2 Å². The van der Waals surface area contributed by atoms with Gasteiger partial charge in [-0.2, -0.15) is 0 Å². The molecule has 1 rings (SSSR count). The Bertz CT molecular complexity index is 1050. The van der Waals surface area contributed by atoms with Crippen LogP contribution < -0.4 is 0 Å². The zero-order valence-electron chi connectivity index (χ0n) is 47.1. The molecule has 0 atom stereocenters. The van der Waals surface area contributed by atoms with Crippen LogP contribution in [0, 0.1) is 0 Å². The Kier molecular flexibility index (Phi) is 50.0. The summed E-state index contributed by atoms with van der Waals surface area (Å²) >= 11 is 0. The lowest BCUT2D eigenvalue weighted by molar-refractivity contribution is -0.150. The van der Waals surface area contributed by atoms with Crippen LogP contribution >= 0.6 is 0 Å². The van der Waals surface area contributed by atoms with Gasteiger partial charge in [0, 0.05) is 19.3 Å². The lowest BCUT2D eigenvalue weighted by atomic mass is 10.0. The fraction of sp³-hybridized carbons (Fsp3) is 0.952. The summed E-state index contributed by atoms with van der Waals surface area (Å²) in [6.45, 7) is 7.40. The van der Waals surface area contributed by atoms with Crippen molar-refractivity contribution in [3.8, 4) is 0 Å². The summed E-state index contributed by atoms with van der Waals surface area (Å²) in [5.41, 5.74) is -0.835. The number of unbranched alkanes of at least 4 members (excludes halogenated alkanes) is 47. The van der Waals surface area contributed by atoms with E-state index >= 15 is 0 Å². The van der Waals surface area contributed by atoms with Crippen LogP contribution in [0.1, 0.15) is 361 Å². The molecule has 0 aromatic rings. The van der Waals surface area contributed by atoms with Crippen molar-refractivity contribution in [3.05, 3.63) is 0 Å². The highest BCUT2D eigenvalue weighted by Crippen LogP contribution is 2.25. The molecule has 1 heterocycles. The van der Waals surface area contributed by atoms with Crippen LogP contribution in [0.15, 0.2) is 4.99 Å². The highest BCUT2D eigenvalue weighted by molar-refractivity contribution is 5.78. The van der Waals surface area contributed by atoms with Crippen LogP contribution in [0.25, 0.3) is 0 Å². The van der Waals surface area contributed by atoms with Gasteiger partial charge in [0.25, 0.3) is 0 Å².